The van der Waals surface area contributed by atoms with Crippen LogP contribution in [0.5, 0.6) is 0 Å². The summed E-state index contributed by atoms with van der Waals surface area (Å²) >= 11 is 0. The summed E-state index contributed by atoms with van der Waals surface area (Å²) in [5.41, 5.74) is 0.405. The minimum Gasteiger partial charge on any atom is -0.366 e. The Morgan fingerprint density at radius 3 is 2.54 bits per heavy atom. The van der Waals surface area contributed by atoms with Gasteiger partial charge in [-0.25, -0.2) is 4.39 Å². The zero-order valence-corrected chi connectivity index (χ0v) is 13.5. The molecule has 6 nitrogen and oxygen atoms in total. The average molecular weight is 335 g/mol. The number of nitrogens with one attached hydrogen (secondary N) is 1. The third-order valence-corrected chi connectivity index (χ3v) is 4.45. The third-order valence-electron chi connectivity index (χ3n) is 4.45. The second-order valence-corrected chi connectivity index (χ2v) is 6.04. The Hall–Kier alpha value is -1.99. The summed E-state index contributed by atoms with van der Waals surface area (Å²) in [7, 11) is 0. The first kappa shape index (κ1) is 16.9. The second-order valence-electron chi connectivity index (χ2n) is 6.04. The first-order valence-electron chi connectivity index (χ1n) is 8.27. The van der Waals surface area contributed by atoms with Gasteiger partial charge in [-0.2, -0.15) is 0 Å². The predicted molar refractivity (Wildman–Crippen MR) is 85.9 cm³/mol. The number of morpholine rings is 1. The van der Waals surface area contributed by atoms with Crippen LogP contribution < -0.4 is 5.32 Å². The Morgan fingerprint density at radius 2 is 1.88 bits per heavy atom. The van der Waals surface area contributed by atoms with Gasteiger partial charge < -0.3 is 19.9 Å². The molecule has 3 rings (SSSR count). The van der Waals surface area contributed by atoms with E-state index in [0.29, 0.717) is 44.9 Å². The van der Waals surface area contributed by atoms with Crippen LogP contribution in [0.2, 0.25) is 0 Å². The van der Waals surface area contributed by atoms with Gasteiger partial charge in [0.1, 0.15) is 11.9 Å². The van der Waals surface area contributed by atoms with Crippen molar-refractivity contribution in [2.45, 2.75) is 12.5 Å². The summed E-state index contributed by atoms with van der Waals surface area (Å²) in [6.07, 6.45) is -0.379. The fourth-order valence-corrected chi connectivity index (χ4v) is 3.02. The van der Waals surface area contributed by atoms with Gasteiger partial charge in [0.2, 0.25) is 5.91 Å². The molecule has 0 bridgehead atoms. The molecular formula is C17H22FN3O3. The zero-order valence-electron chi connectivity index (χ0n) is 13.5. The predicted octanol–water partition coefficient (Wildman–Crippen LogP) is 0.0274. The van der Waals surface area contributed by atoms with Crippen LogP contribution in [0.3, 0.4) is 0 Å². The number of benzene rings is 1. The Kier molecular flexibility index (Phi) is 5.42. The molecule has 1 aromatic rings. The first-order chi connectivity index (χ1) is 11.6. The van der Waals surface area contributed by atoms with E-state index in [1.165, 1.54) is 6.07 Å². The Bertz CT molecular complexity index is 596. The largest absolute Gasteiger partial charge is 0.366 e. The molecule has 130 valence electrons. The molecular weight excluding hydrogens is 313 g/mol. The highest BCUT2D eigenvalue weighted by Gasteiger charge is 2.30. The Labute approximate surface area is 140 Å². The van der Waals surface area contributed by atoms with E-state index < -0.39 is 6.10 Å². The summed E-state index contributed by atoms with van der Waals surface area (Å²) in [6, 6.07) is 6.31. The minimum absolute atomic E-state index is 0.0246. The van der Waals surface area contributed by atoms with Gasteiger partial charge in [0.05, 0.1) is 13.0 Å². The van der Waals surface area contributed by atoms with Gasteiger partial charge in [-0.05, 0) is 11.6 Å². The molecule has 0 radical (unpaired) electrons. The molecule has 2 heterocycles. The van der Waals surface area contributed by atoms with Crippen molar-refractivity contribution in [3.63, 3.8) is 0 Å². The molecule has 0 spiro atoms. The van der Waals surface area contributed by atoms with Crippen molar-refractivity contribution < 1.29 is 18.7 Å². The summed E-state index contributed by atoms with van der Waals surface area (Å²) in [4.78, 5) is 28.1. The van der Waals surface area contributed by atoms with Crippen molar-refractivity contribution in [1.29, 1.82) is 0 Å². The molecule has 1 unspecified atom stereocenters. The summed E-state index contributed by atoms with van der Waals surface area (Å²) in [5.74, 6) is -0.493. The van der Waals surface area contributed by atoms with E-state index in [1.807, 2.05) is 0 Å². The van der Waals surface area contributed by atoms with Crippen LogP contribution in [0.25, 0.3) is 0 Å². The van der Waals surface area contributed by atoms with E-state index in [0.717, 1.165) is 6.54 Å². The molecule has 7 heteroatoms. The number of nitrogens with zero attached hydrogens (tertiary/aromatic N) is 2. The highest BCUT2D eigenvalue weighted by Crippen LogP contribution is 2.12. The number of amides is 2. The molecule has 1 N–H and O–H groups in total. The van der Waals surface area contributed by atoms with Crippen molar-refractivity contribution in [3.8, 4) is 0 Å². The van der Waals surface area contributed by atoms with Crippen LogP contribution in [-0.2, 0) is 20.7 Å². The number of carbonyl (C=O) groups excluding carboxylic acids is 2. The van der Waals surface area contributed by atoms with E-state index in [4.69, 9.17) is 4.74 Å². The number of ether oxygens (including phenoxy) is 1. The second kappa shape index (κ2) is 7.72. The molecule has 1 atom stereocenters. The van der Waals surface area contributed by atoms with Gasteiger partial charge in [0.15, 0.2) is 0 Å². The monoisotopic (exact) mass is 335 g/mol. The minimum atomic E-state index is -0.431. The first-order valence-corrected chi connectivity index (χ1v) is 8.27. The van der Waals surface area contributed by atoms with Crippen LogP contribution in [-0.4, -0.2) is 73.6 Å². The third kappa shape index (κ3) is 3.91. The van der Waals surface area contributed by atoms with Crippen molar-refractivity contribution in [1.82, 2.24) is 15.1 Å². The molecule has 0 aliphatic carbocycles. The van der Waals surface area contributed by atoms with Gasteiger partial charge in [-0.1, -0.05) is 18.2 Å². The molecule has 1 aromatic carbocycles. The lowest BCUT2D eigenvalue weighted by Gasteiger charge is -2.37. The van der Waals surface area contributed by atoms with E-state index in [2.05, 4.69) is 5.32 Å². The molecule has 2 saturated heterocycles. The summed E-state index contributed by atoms with van der Waals surface area (Å²) < 4.78 is 19.1. The number of carbonyl (C=O) groups is 2. The Morgan fingerprint density at radius 1 is 1.17 bits per heavy atom. The molecule has 2 aliphatic heterocycles. The number of hydrogen-bond acceptors (Lipinski definition) is 4. The normalized spacial score (nSPS) is 21.6. The van der Waals surface area contributed by atoms with E-state index >= 15 is 0 Å². The van der Waals surface area contributed by atoms with E-state index in [1.54, 1.807) is 28.0 Å². The van der Waals surface area contributed by atoms with Gasteiger partial charge in [0.25, 0.3) is 5.91 Å². The van der Waals surface area contributed by atoms with Crippen molar-refractivity contribution in [2.24, 2.45) is 0 Å². The highest BCUT2D eigenvalue weighted by atomic mass is 19.1. The van der Waals surface area contributed by atoms with Gasteiger partial charge >= 0.3 is 0 Å². The Balaban J connectivity index is 1.50. The maximum absolute atomic E-state index is 13.6. The SMILES string of the molecule is O=C(Cc1ccccc1F)N1CCN(C(=O)C2CNCCO2)CC1. The zero-order chi connectivity index (χ0) is 16.9. The molecule has 2 amide bonds. The topological polar surface area (TPSA) is 61.9 Å². The number of piperazine rings is 1. The summed E-state index contributed by atoms with van der Waals surface area (Å²) in [6.45, 7) is 3.76. The highest BCUT2D eigenvalue weighted by molar-refractivity contribution is 5.82. The standard InChI is InChI=1S/C17H22FN3O3/c18-14-4-2-1-3-13(14)11-16(22)20-6-8-21(9-7-20)17(23)15-12-19-5-10-24-15/h1-4,15,19H,5-12H2. The quantitative estimate of drug-likeness (QED) is 0.846. The van der Waals surface area contributed by atoms with E-state index in [9.17, 15) is 14.0 Å². The number of hydrogen-bond donors (Lipinski definition) is 1. The number of rotatable bonds is 3. The maximum Gasteiger partial charge on any atom is 0.253 e. The molecule has 2 fully saturated rings. The fraction of sp³-hybridized carbons (Fsp3) is 0.529. The van der Waals surface area contributed by atoms with Crippen LogP contribution in [0.4, 0.5) is 4.39 Å². The van der Waals surface area contributed by atoms with Crippen LogP contribution in [0.1, 0.15) is 5.56 Å². The van der Waals surface area contributed by atoms with Gasteiger partial charge in [0, 0.05) is 39.3 Å². The van der Waals surface area contributed by atoms with Crippen molar-refractivity contribution in [2.75, 3.05) is 45.9 Å². The average Bonchev–Trinajstić information content (AvgIpc) is 2.64. The lowest BCUT2D eigenvalue weighted by atomic mass is 10.1. The van der Waals surface area contributed by atoms with Crippen molar-refractivity contribution in [3.05, 3.63) is 35.6 Å². The van der Waals surface area contributed by atoms with E-state index in [-0.39, 0.29) is 24.1 Å². The lowest BCUT2D eigenvalue weighted by molar-refractivity contribution is -0.149. The van der Waals surface area contributed by atoms with Crippen LogP contribution in [0, 0.1) is 5.82 Å². The lowest BCUT2D eigenvalue weighted by Crippen LogP contribution is -2.56. The van der Waals surface area contributed by atoms with Gasteiger partial charge in [-0.15, -0.1) is 0 Å². The molecule has 24 heavy (non-hydrogen) atoms. The fourth-order valence-electron chi connectivity index (χ4n) is 3.02. The van der Waals surface area contributed by atoms with Crippen LogP contribution in [0.15, 0.2) is 24.3 Å². The van der Waals surface area contributed by atoms with Crippen molar-refractivity contribution >= 4 is 11.8 Å². The molecule has 2 aliphatic rings. The number of halogens is 1. The van der Waals surface area contributed by atoms with Crippen LogP contribution >= 0.6 is 0 Å². The molecule has 0 aromatic heterocycles. The maximum atomic E-state index is 13.6. The smallest absolute Gasteiger partial charge is 0.253 e. The summed E-state index contributed by atoms with van der Waals surface area (Å²) in [5, 5.41) is 3.14. The van der Waals surface area contributed by atoms with Gasteiger partial charge in [-0.3, -0.25) is 9.59 Å². The molecule has 0 saturated carbocycles.